The van der Waals surface area contributed by atoms with E-state index in [2.05, 4.69) is 0 Å². The molecule has 0 aromatic rings. The molecule has 0 saturated carbocycles. The second-order valence-electron chi connectivity index (χ2n) is 0. The van der Waals surface area contributed by atoms with Gasteiger partial charge in [0.05, 0.1) is 0 Å². The third kappa shape index (κ3) is 9.30. The van der Waals surface area contributed by atoms with Crippen LogP contribution in [0.2, 0.25) is 0 Å². The number of hydrogen-bond donors (Lipinski definition) is 0. The summed E-state index contributed by atoms with van der Waals surface area (Å²) in [5.74, 6) is 0. The zero-order valence-electron chi connectivity index (χ0n) is 1.38. The van der Waals surface area contributed by atoms with Gasteiger partial charge in [-0.1, -0.05) is 0 Å². The summed E-state index contributed by atoms with van der Waals surface area (Å²) in [6.45, 7) is 0. The molecule has 1 nitrogen and oxygen atoms in total. The zero-order chi connectivity index (χ0) is 2.00. The van der Waals surface area contributed by atoms with E-state index in [1.165, 1.54) is 0 Å². The molecule has 4 heteroatoms. The van der Waals surface area contributed by atoms with E-state index in [9.17, 15) is 0 Å². The first-order valence-corrected chi connectivity index (χ1v) is 0.595. The molecule has 35 valence electrons. The monoisotopic (exact) mass is 285 g/mol. The molecule has 0 heterocycles. The molecule has 0 aromatic heterocycles. The SMILES string of the molecule is [Ag].[O]=[Fe].[Pd]. The minimum absolute atomic E-state index is 0. The molecule has 4 heavy (non-hydrogen) atoms. The van der Waals surface area contributed by atoms with Crippen LogP contribution in [0.25, 0.3) is 0 Å². The molecule has 0 atom stereocenters. The van der Waals surface area contributed by atoms with Crippen LogP contribution >= 0.6 is 0 Å². The van der Waals surface area contributed by atoms with Crippen LogP contribution in [0.5, 0.6) is 0 Å². The van der Waals surface area contributed by atoms with E-state index >= 15 is 0 Å². The Hall–Kier alpha value is 1.72. The van der Waals surface area contributed by atoms with E-state index in [0.717, 1.165) is 0 Å². The van der Waals surface area contributed by atoms with Crippen LogP contribution in [0, 0.1) is 0 Å². The summed E-state index contributed by atoms with van der Waals surface area (Å²) in [7, 11) is 0. The van der Waals surface area contributed by atoms with Crippen LogP contribution in [-0.4, -0.2) is 0 Å². The second-order valence-corrected chi connectivity index (χ2v) is 0. The zero-order valence-corrected chi connectivity index (χ0v) is 5.52. The molecule has 0 unspecified atom stereocenters. The summed E-state index contributed by atoms with van der Waals surface area (Å²) >= 11 is 2.00. The largest absolute Gasteiger partial charge is 0 e. The average molecular weight is 286 g/mol. The van der Waals surface area contributed by atoms with Gasteiger partial charge >= 0.3 is 19.8 Å². The first kappa shape index (κ1) is 17.2. The summed E-state index contributed by atoms with van der Waals surface area (Å²) in [5.41, 5.74) is 0. The van der Waals surface area contributed by atoms with Crippen molar-refractivity contribution in [1.82, 2.24) is 0 Å². The Morgan fingerprint density at radius 3 is 1.25 bits per heavy atom. The molecule has 0 saturated heterocycles. The molecule has 0 fully saturated rings. The third-order valence-corrected chi connectivity index (χ3v) is 0. The van der Waals surface area contributed by atoms with E-state index in [1.54, 1.807) is 0 Å². The van der Waals surface area contributed by atoms with Gasteiger partial charge in [0.2, 0.25) is 0 Å². The van der Waals surface area contributed by atoms with Crippen molar-refractivity contribution in [2.24, 2.45) is 0 Å². The quantitative estimate of drug-likeness (QED) is 0.567. The Kier molecular flexibility index (Phi) is 95.0. The van der Waals surface area contributed by atoms with Crippen molar-refractivity contribution in [2.45, 2.75) is 0 Å². The van der Waals surface area contributed by atoms with Gasteiger partial charge in [-0.15, -0.1) is 0 Å². The van der Waals surface area contributed by atoms with Crippen molar-refractivity contribution in [1.29, 1.82) is 0 Å². The van der Waals surface area contributed by atoms with Gasteiger partial charge in [-0.25, -0.2) is 0 Å². The Morgan fingerprint density at radius 1 is 1.25 bits per heavy atom. The standard InChI is InChI=1S/Ag.Fe.O.Pd. The van der Waals surface area contributed by atoms with Gasteiger partial charge in [0.1, 0.15) is 0 Å². The van der Waals surface area contributed by atoms with Crippen LogP contribution < -0.4 is 0 Å². The van der Waals surface area contributed by atoms with Crippen molar-refractivity contribution in [3.05, 3.63) is 0 Å². The van der Waals surface area contributed by atoms with Gasteiger partial charge in [-0.2, -0.15) is 0 Å². The van der Waals surface area contributed by atoms with Crippen LogP contribution in [0.3, 0.4) is 0 Å². The molecule has 0 aliphatic heterocycles. The fraction of sp³-hybridized carbons (Fsp3) is 0. The molecular formula is AgFeOPd. The van der Waals surface area contributed by atoms with Gasteiger partial charge < -0.3 is 0 Å². The van der Waals surface area contributed by atoms with Crippen molar-refractivity contribution in [3.63, 3.8) is 0 Å². The van der Waals surface area contributed by atoms with Gasteiger partial charge in [0.15, 0.2) is 0 Å². The molecule has 0 amide bonds. The topological polar surface area (TPSA) is 17.1 Å². The molecule has 0 N–H and O–H groups in total. The molecule has 0 spiro atoms. The summed E-state index contributed by atoms with van der Waals surface area (Å²) in [5, 5.41) is 0. The Labute approximate surface area is 62.1 Å². The predicted octanol–water partition coefficient (Wildman–Crippen LogP) is -0.126. The van der Waals surface area contributed by atoms with E-state index in [0.29, 0.717) is 0 Å². The van der Waals surface area contributed by atoms with Gasteiger partial charge in [-0.05, 0) is 0 Å². The van der Waals surface area contributed by atoms with Gasteiger partial charge in [-0.3, -0.25) is 0 Å². The summed E-state index contributed by atoms with van der Waals surface area (Å²) in [4.78, 5) is 0. The maximum absolute atomic E-state index is 8.00. The first-order valence-electron chi connectivity index (χ1n) is 0.144. The van der Waals surface area contributed by atoms with Crippen molar-refractivity contribution >= 4 is 0 Å². The Morgan fingerprint density at radius 2 is 1.25 bits per heavy atom. The number of rotatable bonds is 0. The predicted molar refractivity (Wildman–Crippen MR) is 0.686 cm³/mol. The third-order valence-electron chi connectivity index (χ3n) is 0. The van der Waals surface area contributed by atoms with E-state index < -0.39 is 0 Å². The molecule has 0 aromatic carbocycles. The van der Waals surface area contributed by atoms with Gasteiger partial charge in [0.25, 0.3) is 0 Å². The van der Waals surface area contributed by atoms with Crippen LogP contribution in [0.4, 0.5) is 0 Å². The molecule has 0 aliphatic carbocycles. The molecule has 0 rings (SSSR count). The first-order chi connectivity index (χ1) is 1.00. The minimum Gasteiger partial charge on any atom is 0 e. The van der Waals surface area contributed by atoms with E-state index in [4.69, 9.17) is 3.83 Å². The van der Waals surface area contributed by atoms with E-state index in [-0.39, 0.29) is 42.8 Å². The normalized spacial score (nSPS) is 1.25. The minimum atomic E-state index is 0. The number of hydrogen-bond acceptors (Lipinski definition) is 1. The van der Waals surface area contributed by atoms with Crippen LogP contribution in [0.15, 0.2) is 0 Å². The van der Waals surface area contributed by atoms with Gasteiger partial charge in [0, 0.05) is 42.8 Å². The smallest absolute Gasteiger partial charge is 0 e. The van der Waals surface area contributed by atoms with Crippen molar-refractivity contribution in [2.75, 3.05) is 0 Å². The molecular weight excluding hydrogens is 286 g/mol. The maximum Gasteiger partial charge on any atom is 0 e. The fourth-order valence-electron chi connectivity index (χ4n) is 0. The molecule has 0 aliphatic rings. The van der Waals surface area contributed by atoms with E-state index in [1.807, 2.05) is 15.9 Å². The fourth-order valence-corrected chi connectivity index (χ4v) is 0. The molecule has 0 bridgehead atoms. The molecule has 1 radical (unpaired) electrons. The van der Waals surface area contributed by atoms with Crippen molar-refractivity contribution < 1.29 is 62.6 Å². The van der Waals surface area contributed by atoms with Crippen LogP contribution in [0.1, 0.15) is 0 Å². The summed E-state index contributed by atoms with van der Waals surface area (Å²) < 4.78 is 8.00. The summed E-state index contributed by atoms with van der Waals surface area (Å²) in [6, 6.07) is 0. The maximum atomic E-state index is 8.00. The second kappa shape index (κ2) is 22.1. The Bertz CT molecular complexity index is 8.00. The van der Waals surface area contributed by atoms with Crippen molar-refractivity contribution in [3.8, 4) is 0 Å². The Balaban J connectivity index is -0.00000000500. The summed E-state index contributed by atoms with van der Waals surface area (Å²) in [6.07, 6.45) is 0. The average Bonchev–Trinajstić information content (AvgIpc) is 1.00. The van der Waals surface area contributed by atoms with Crippen LogP contribution in [-0.2, 0) is 62.6 Å².